The van der Waals surface area contributed by atoms with Crippen molar-refractivity contribution in [3.63, 3.8) is 0 Å². The Labute approximate surface area is 210 Å². The van der Waals surface area contributed by atoms with Crippen molar-refractivity contribution in [1.82, 2.24) is 10.3 Å². The largest absolute Gasteiger partial charge is 0.423 e. The van der Waals surface area contributed by atoms with E-state index in [1.807, 2.05) is 13.8 Å². The van der Waals surface area contributed by atoms with Crippen molar-refractivity contribution in [2.24, 2.45) is 5.92 Å². The summed E-state index contributed by atoms with van der Waals surface area (Å²) >= 11 is 6.09. The maximum Gasteiger partial charge on any atom is 0.296 e. The van der Waals surface area contributed by atoms with Gasteiger partial charge in [0.1, 0.15) is 23.0 Å². The molecule has 2 aliphatic rings. The molecule has 0 radical (unpaired) electrons. The average molecular weight is 499 g/mol. The first-order chi connectivity index (χ1) is 16.8. The van der Waals surface area contributed by atoms with Crippen LogP contribution >= 0.6 is 11.6 Å². The first-order valence-corrected chi connectivity index (χ1v) is 12.9. The number of hydrogen-bond acceptors (Lipinski definition) is 5. The molecule has 1 amide bonds. The second kappa shape index (κ2) is 9.69. The van der Waals surface area contributed by atoms with Crippen LogP contribution in [0.3, 0.4) is 0 Å². The number of aromatic nitrogens is 1. The molecular weight excluding hydrogens is 467 g/mol. The van der Waals surface area contributed by atoms with Crippen LogP contribution in [0.15, 0.2) is 40.8 Å². The Hall–Kier alpha value is -2.80. The number of halogens is 2. The lowest BCUT2D eigenvalue weighted by Gasteiger charge is -2.39. The minimum absolute atomic E-state index is 0.101. The number of fused-ring (bicyclic) bond motifs is 2. The van der Waals surface area contributed by atoms with E-state index < -0.39 is 11.7 Å². The van der Waals surface area contributed by atoms with Crippen LogP contribution in [0.5, 0.6) is 0 Å². The topological polar surface area (TPSA) is 70.4 Å². The number of carbonyl (C=O) groups is 1. The van der Waals surface area contributed by atoms with Gasteiger partial charge in [0, 0.05) is 23.3 Å². The lowest BCUT2D eigenvalue weighted by Crippen LogP contribution is -2.59. The molecule has 0 saturated heterocycles. The van der Waals surface area contributed by atoms with Crippen molar-refractivity contribution >= 4 is 40.3 Å². The molecule has 0 bridgehead atoms. The summed E-state index contributed by atoms with van der Waals surface area (Å²) in [5, 5.41) is 7.09. The monoisotopic (exact) mass is 498 g/mol. The van der Waals surface area contributed by atoms with Crippen LogP contribution < -0.4 is 15.5 Å². The Morgan fingerprint density at radius 2 is 2.03 bits per heavy atom. The Bertz CT molecular complexity index is 1220. The van der Waals surface area contributed by atoms with Crippen molar-refractivity contribution in [2.75, 3.05) is 16.8 Å². The molecule has 1 fully saturated rings. The Kier molecular flexibility index (Phi) is 6.62. The minimum Gasteiger partial charge on any atom is -0.423 e. The lowest BCUT2D eigenvalue weighted by molar-refractivity contribution is -0.123. The molecule has 2 aromatic carbocycles. The molecule has 1 aliphatic carbocycles. The maximum atomic E-state index is 13.7. The zero-order chi connectivity index (χ0) is 24.6. The van der Waals surface area contributed by atoms with Crippen LogP contribution in [0.25, 0.3) is 11.1 Å². The van der Waals surface area contributed by atoms with Gasteiger partial charge in [-0.25, -0.2) is 4.39 Å². The van der Waals surface area contributed by atoms with Crippen LogP contribution in [-0.2, 0) is 11.2 Å². The van der Waals surface area contributed by atoms with Crippen molar-refractivity contribution in [3.05, 3.63) is 52.8 Å². The second-order valence-electron chi connectivity index (χ2n) is 10.3. The fraction of sp³-hybridized carbons (Fsp3) is 0.481. The second-order valence-corrected chi connectivity index (χ2v) is 10.7. The predicted molar refractivity (Wildman–Crippen MR) is 137 cm³/mol. The molecule has 35 heavy (non-hydrogen) atoms. The number of benzene rings is 2. The average Bonchev–Trinajstić information content (AvgIpc) is 3.42. The number of amides is 1. The number of anilines is 2. The number of hydrogen-bond donors (Lipinski definition) is 2. The Morgan fingerprint density at radius 1 is 1.23 bits per heavy atom. The van der Waals surface area contributed by atoms with E-state index in [-0.39, 0.29) is 11.7 Å². The van der Waals surface area contributed by atoms with Gasteiger partial charge >= 0.3 is 0 Å². The molecule has 186 valence electrons. The van der Waals surface area contributed by atoms with Gasteiger partial charge in [0.25, 0.3) is 6.01 Å². The number of nitrogens with zero attached hydrogens (tertiary/aromatic N) is 2. The zero-order valence-electron chi connectivity index (χ0n) is 20.2. The molecule has 1 saturated carbocycles. The third kappa shape index (κ3) is 5.25. The van der Waals surface area contributed by atoms with E-state index in [1.54, 1.807) is 30.3 Å². The minimum atomic E-state index is -0.651. The van der Waals surface area contributed by atoms with E-state index in [0.29, 0.717) is 34.5 Å². The third-order valence-corrected chi connectivity index (χ3v) is 7.53. The van der Waals surface area contributed by atoms with E-state index >= 15 is 0 Å². The van der Waals surface area contributed by atoms with Crippen molar-refractivity contribution < 1.29 is 13.6 Å². The molecule has 5 rings (SSSR count). The van der Waals surface area contributed by atoms with E-state index in [1.165, 1.54) is 25.3 Å². The summed E-state index contributed by atoms with van der Waals surface area (Å²) < 4.78 is 19.6. The van der Waals surface area contributed by atoms with Gasteiger partial charge in [0.05, 0.1) is 0 Å². The first kappa shape index (κ1) is 23.9. The van der Waals surface area contributed by atoms with Gasteiger partial charge in [-0.3, -0.25) is 4.79 Å². The number of oxazole rings is 1. The maximum absolute atomic E-state index is 13.7. The molecule has 3 aromatic rings. The van der Waals surface area contributed by atoms with Gasteiger partial charge in [-0.05, 0) is 68.5 Å². The van der Waals surface area contributed by atoms with Gasteiger partial charge in [0.15, 0.2) is 5.58 Å². The molecule has 0 spiro atoms. The molecular formula is C27H32ClFN4O2. The van der Waals surface area contributed by atoms with E-state index in [9.17, 15) is 9.18 Å². The van der Waals surface area contributed by atoms with E-state index in [0.717, 1.165) is 37.1 Å². The summed E-state index contributed by atoms with van der Waals surface area (Å²) in [7, 11) is 0. The first-order valence-electron chi connectivity index (χ1n) is 12.5. The highest BCUT2D eigenvalue weighted by Crippen LogP contribution is 2.34. The molecule has 1 aromatic heterocycles. The highest BCUT2D eigenvalue weighted by Gasteiger charge is 2.36. The van der Waals surface area contributed by atoms with E-state index in [2.05, 4.69) is 20.5 Å². The van der Waals surface area contributed by atoms with Crippen LogP contribution in [0.2, 0.25) is 5.02 Å². The number of carbonyl (C=O) groups excluding carboxylic acids is 1. The molecule has 1 aliphatic heterocycles. The summed E-state index contributed by atoms with van der Waals surface area (Å²) in [6.45, 7) is 4.70. The fourth-order valence-electron chi connectivity index (χ4n) is 5.50. The van der Waals surface area contributed by atoms with Crippen molar-refractivity contribution in [2.45, 2.75) is 70.5 Å². The molecule has 8 heteroatoms. The summed E-state index contributed by atoms with van der Waals surface area (Å²) in [5.74, 6) is 0.143. The number of nitrogens with one attached hydrogen (secondary N) is 2. The normalized spacial score (nSPS) is 17.4. The summed E-state index contributed by atoms with van der Waals surface area (Å²) in [6.07, 6.45) is 7.38. The summed E-state index contributed by atoms with van der Waals surface area (Å²) in [4.78, 5) is 20.3. The summed E-state index contributed by atoms with van der Waals surface area (Å²) in [5.41, 5.74) is 2.55. The predicted octanol–water partition coefficient (Wildman–Crippen LogP) is 6.29. The Balaban J connectivity index is 1.35. The number of rotatable bonds is 7. The van der Waals surface area contributed by atoms with Crippen LogP contribution in [0.1, 0.15) is 57.9 Å². The van der Waals surface area contributed by atoms with Gasteiger partial charge in [0.2, 0.25) is 5.91 Å². The van der Waals surface area contributed by atoms with Crippen molar-refractivity contribution in [1.29, 1.82) is 0 Å². The molecule has 6 nitrogen and oxygen atoms in total. The molecule has 2 N–H and O–H groups in total. The van der Waals surface area contributed by atoms with Gasteiger partial charge in [-0.2, -0.15) is 4.98 Å². The standard InChI is InChI=1S/C27H32ClFN4O2/c1-27(2,33-13-12-18-15-20(29)9-11-23(18)33)32-25(34)22(14-17-6-4-3-5-7-17)31-26-30-21-10-8-19(28)16-24(21)35-26/h8-11,15-17,22H,3-7,12-14H2,1-2H3,(H,30,31)(H,32,34)/t22-/m0/s1. The van der Waals surface area contributed by atoms with E-state index in [4.69, 9.17) is 16.0 Å². The highest BCUT2D eigenvalue weighted by atomic mass is 35.5. The fourth-order valence-corrected chi connectivity index (χ4v) is 5.67. The third-order valence-electron chi connectivity index (χ3n) is 7.30. The smallest absolute Gasteiger partial charge is 0.296 e. The van der Waals surface area contributed by atoms with Crippen LogP contribution in [-0.4, -0.2) is 29.1 Å². The van der Waals surface area contributed by atoms with Gasteiger partial charge in [-0.1, -0.05) is 43.7 Å². The quantitative estimate of drug-likeness (QED) is 0.401. The highest BCUT2D eigenvalue weighted by molar-refractivity contribution is 6.31. The summed E-state index contributed by atoms with van der Waals surface area (Å²) in [6, 6.07) is 9.98. The van der Waals surface area contributed by atoms with Gasteiger partial charge in [-0.15, -0.1) is 0 Å². The lowest BCUT2D eigenvalue weighted by atomic mass is 9.84. The zero-order valence-corrected chi connectivity index (χ0v) is 21.0. The molecule has 0 unspecified atom stereocenters. The molecule has 1 atom stereocenters. The Morgan fingerprint density at radius 3 is 2.83 bits per heavy atom. The SMILES string of the molecule is CC(C)(NC(=O)[C@H](CC1CCCCC1)Nc1nc2ccc(Cl)cc2o1)N1CCc2cc(F)ccc21. The molecule has 2 heterocycles. The van der Waals surface area contributed by atoms with Crippen molar-refractivity contribution in [3.8, 4) is 0 Å². The van der Waals surface area contributed by atoms with Crippen LogP contribution in [0, 0.1) is 11.7 Å². The van der Waals surface area contributed by atoms with Gasteiger partial charge < -0.3 is 20.0 Å². The van der Waals surface area contributed by atoms with Crippen LogP contribution in [0.4, 0.5) is 16.1 Å².